The second-order valence-electron chi connectivity index (χ2n) is 5.55. The molecule has 3 nitrogen and oxygen atoms in total. The van der Waals surface area contributed by atoms with E-state index in [-0.39, 0.29) is 6.04 Å². The number of aromatic nitrogens is 1. The number of hydrogen-bond acceptors (Lipinski definition) is 3. The maximum absolute atomic E-state index is 12.7. The van der Waals surface area contributed by atoms with E-state index in [2.05, 4.69) is 17.2 Å². The van der Waals surface area contributed by atoms with Gasteiger partial charge in [0, 0.05) is 19.1 Å². The van der Waals surface area contributed by atoms with Gasteiger partial charge in [-0.25, -0.2) is 4.98 Å². The zero-order valence-electron chi connectivity index (χ0n) is 12.5. The Morgan fingerprint density at radius 1 is 1.24 bits per heavy atom. The summed E-state index contributed by atoms with van der Waals surface area (Å²) in [6.07, 6.45) is -0.318. The first kappa shape index (κ1) is 16.1. The van der Waals surface area contributed by atoms with Gasteiger partial charge in [0.1, 0.15) is 11.5 Å². The van der Waals surface area contributed by atoms with Gasteiger partial charge >= 0.3 is 6.18 Å². The van der Waals surface area contributed by atoms with E-state index in [1.165, 1.54) is 6.07 Å². The van der Waals surface area contributed by atoms with E-state index < -0.39 is 11.9 Å². The summed E-state index contributed by atoms with van der Waals surface area (Å²) in [6, 6.07) is 4.88. The van der Waals surface area contributed by atoms with Gasteiger partial charge in [-0.3, -0.25) is 0 Å². The summed E-state index contributed by atoms with van der Waals surface area (Å²) in [7, 11) is 1.83. The van der Waals surface area contributed by atoms with Crippen molar-refractivity contribution in [1.29, 1.82) is 0 Å². The number of hydrogen-bond donors (Lipinski definition) is 1. The van der Waals surface area contributed by atoms with Crippen LogP contribution in [0, 0.1) is 0 Å². The topological polar surface area (TPSA) is 28.2 Å². The van der Waals surface area contributed by atoms with E-state index in [9.17, 15) is 13.2 Å². The molecule has 0 saturated heterocycles. The highest BCUT2D eigenvalue weighted by Gasteiger charge is 2.33. The largest absolute Gasteiger partial charge is 0.433 e. The van der Waals surface area contributed by atoms with Gasteiger partial charge in [0.05, 0.1) is 0 Å². The van der Waals surface area contributed by atoms with E-state index in [0.29, 0.717) is 11.9 Å². The third-order valence-electron chi connectivity index (χ3n) is 4.12. The summed E-state index contributed by atoms with van der Waals surface area (Å²) in [4.78, 5) is 5.65. The van der Waals surface area contributed by atoms with Crippen molar-refractivity contribution in [3.05, 3.63) is 23.9 Å². The molecule has 6 heteroatoms. The van der Waals surface area contributed by atoms with Gasteiger partial charge in [-0.1, -0.05) is 13.0 Å². The Balaban J connectivity index is 2.02. The third-order valence-corrected chi connectivity index (χ3v) is 4.12. The quantitative estimate of drug-likeness (QED) is 0.923. The van der Waals surface area contributed by atoms with Crippen LogP contribution in [0.5, 0.6) is 0 Å². The lowest BCUT2D eigenvalue weighted by Crippen LogP contribution is -2.41. The van der Waals surface area contributed by atoms with Crippen molar-refractivity contribution in [2.45, 2.75) is 50.9 Å². The number of nitrogens with zero attached hydrogens (tertiary/aromatic N) is 2. The second kappa shape index (κ2) is 6.64. The molecule has 0 aliphatic heterocycles. The highest BCUT2D eigenvalue weighted by molar-refractivity contribution is 5.40. The van der Waals surface area contributed by atoms with E-state index in [4.69, 9.17) is 0 Å². The first-order valence-corrected chi connectivity index (χ1v) is 7.42. The minimum Gasteiger partial charge on any atom is -0.357 e. The summed E-state index contributed by atoms with van der Waals surface area (Å²) < 4.78 is 38.2. The molecular weight excluding hydrogens is 279 g/mol. The summed E-state index contributed by atoms with van der Waals surface area (Å²) in [5, 5.41) is 3.43. The van der Waals surface area contributed by atoms with Crippen LogP contribution >= 0.6 is 0 Å². The van der Waals surface area contributed by atoms with Crippen molar-refractivity contribution in [3.63, 3.8) is 0 Å². The average Bonchev–Trinajstić information content (AvgIpc) is 2.47. The van der Waals surface area contributed by atoms with Crippen molar-refractivity contribution >= 4 is 5.82 Å². The van der Waals surface area contributed by atoms with Gasteiger partial charge in [-0.2, -0.15) is 13.2 Å². The lowest BCUT2D eigenvalue weighted by atomic mass is 9.90. The maximum atomic E-state index is 12.7. The predicted octanol–water partition coefficient (Wildman–Crippen LogP) is 3.46. The molecule has 118 valence electrons. The van der Waals surface area contributed by atoms with Gasteiger partial charge in [0.15, 0.2) is 0 Å². The standard InChI is InChI=1S/C15H22F3N3/c1-3-19-11-7-9-12(10-8-11)21(2)14-6-4-5-13(20-14)15(16,17)18/h4-6,11-12,19H,3,7-10H2,1-2H3. The van der Waals surface area contributed by atoms with Crippen LogP contribution in [-0.2, 0) is 6.18 Å². The predicted molar refractivity (Wildman–Crippen MR) is 77.4 cm³/mol. The van der Waals surface area contributed by atoms with E-state index >= 15 is 0 Å². The van der Waals surface area contributed by atoms with Crippen LogP contribution in [0.2, 0.25) is 0 Å². The Hall–Kier alpha value is -1.30. The first-order valence-electron chi connectivity index (χ1n) is 7.42. The highest BCUT2D eigenvalue weighted by atomic mass is 19.4. The summed E-state index contributed by atoms with van der Waals surface area (Å²) >= 11 is 0. The zero-order chi connectivity index (χ0) is 15.5. The van der Waals surface area contributed by atoms with Gasteiger partial charge in [-0.15, -0.1) is 0 Å². The molecule has 0 spiro atoms. The van der Waals surface area contributed by atoms with E-state index in [1.807, 2.05) is 11.9 Å². The normalized spacial score (nSPS) is 23.1. The lowest BCUT2D eigenvalue weighted by Gasteiger charge is -2.35. The summed E-state index contributed by atoms with van der Waals surface area (Å²) in [5.41, 5.74) is -0.826. The average molecular weight is 301 g/mol. The fourth-order valence-corrected chi connectivity index (χ4v) is 2.92. The Bertz CT molecular complexity index is 454. The molecule has 1 aromatic heterocycles. The van der Waals surface area contributed by atoms with Gasteiger partial charge < -0.3 is 10.2 Å². The highest BCUT2D eigenvalue weighted by Crippen LogP contribution is 2.30. The van der Waals surface area contributed by atoms with Gasteiger partial charge in [-0.05, 0) is 44.4 Å². The van der Waals surface area contributed by atoms with Crippen LogP contribution in [0.3, 0.4) is 0 Å². The smallest absolute Gasteiger partial charge is 0.357 e. The fourth-order valence-electron chi connectivity index (χ4n) is 2.92. The van der Waals surface area contributed by atoms with Crippen LogP contribution in [0.1, 0.15) is 38.3 Å². The van der Waals surface area contributed by atoms with Crippen LogP contribution in [0.15, 0.2) is 18.2 Å². The number of halogens is 3. The number of alkyl halides is 3. The Morgan fingerprint density at radius 2 is 1.90 bits per heavy atom. The molecule has 2 rings (SSSR count). The molecule has 21 heavy (non-hydrogen) atoms. The molecule has 1 aromatic rings. The molecule has 1 aliphatic carbocycles. The van der Waals surface area contributed by atoms with Crippen LogP contribution in [-0.4, -0.2) is 30.7 Å². The number of anilines is 1. The minimum atomic E-state index is -4.39. The molecule has 0 radical (unpaired) electrons. The molecule has 0 atom stereocenters. The van der Waals surface area contributed by atoms with Crippen molar-refractivity contribution in [3.8, 4) is 0 Å². The Morgan fingerprint density at radius 3 is 2.48 bits per heavy atom. The van der Waals surface area contributed by atoms with Crippen LogP contribution in [0.4, 0.5) is 19.0 Å². The molecule has 0 amide bonds. The number of rotatable bonds is 4. The van der Waals surface area contributed by atoms with Crippen molar-refractivity contribution < 1.29 is 13.2 Å². The monoisotopic (exact) mass is 301 g/mol. The fraction of sp³-hybridized carbons (Fsp3) is 0.667. The molecule has 1 heterocycles. The third kappa shape index (κ3) is 4.09. The number of nitrogens with one attached hydrogen (secondary N) is 1. The molecule has 1 saturated carbocycles. The van der Waals surface area contributed by atoms with Crippen LogP contribution < -0.4 is 10.2 Å². The maximum Gasteiger partial charge on any atom is 0.433 e. The minimum absolute atomic E-state index is 0.260. The molecule has 1 aliphatic rings. The Kier molecular flexibility index (Phi) is 5.08. The lowest BCUT2D eigenvalue weighted by molar-refractivity contribution is -0.141. The second-order valence-corrected chi connectivity index (χ2v) is 5.55. The molecular formula is C15H22F3N3. The van der Waals surface area contributed by atoms with E-state index in [0.717, 1.165) is 38.3 Å². The van der Waals surface area contributed by atoms with Crippen molar-refractivity contribution in [2.24, 2.45) is 0 Å². The van der Waals surface area contributed by atoms with Gasteiger partial charge in [0.2, 0.25) is 0 Å². The van der Waals surface area contributed by atoms with Gasteiger partial charge in [0.25, 0.3) is 0 Å². The van der Waals surface area contributed by atoms with Crippen molar-refractivity contribution in [1.82, 2.24) is 10.3 Å². The zero-order valence-corrected chi connectivity index (χ0v) is 12.5. The van der Waals surface area contributed by atoms with Crippen LogP contribution in [0.25, 0.3) is 0 Å². The summed E-state index contributed by atoms with van der Waals surface area (Å²) in [6.45, 7) is 3.05. The first-order chi connectivity index (χ1) is 9.91. The molecule has 1 fully saturated rings. The Labute approximate surface area is 123 Å². The molecule has 1 N–H and O–H groups in total. The van der Waals surface area contributed by atoms with Crippen molar-refractivity contribution in [2.75, 3.05) is 18.5 Å². The molecule has 0 unspecified atom stereocenters. The molecule has 0 aromatic carbocycles. The molecule has 0 bridgehead atoms. The summed E-state index contributed by atoms with van der Waals surface area (Å²) in [5.74, 6) is 0.400. The number of pyridine rings is 1. The van der Waals surface area contributed by atoms with E-state index in [1.54, 1.807) is 6.07 Å². The SMILES string of the molecule is CCNC1CCC(N(C)c2cccc(C(F)(F)F)n2)CC1.